The van der Waals surface area contributed by atoms with E-state index in [0.717, 1.165) is 12.1 Å². The quantitative estimate of drug-likeness (QED) is 0.732. The van der Waals surface area contributed by atoms with Gasteiger partial charge in [-0.15, -0.1) is 0 Å². The second-order valence-electron chi connectivity index (χ2n) is 5.46. The summed E-state index contributed by atoms with van der Waals surface area (Å²) < 4.78 is 71.8. The molecule has 0 aliphatic heterocycles. The summed E-state index contributed by atoms with van der Waals surface area (Å²) in [5.41, 5.74) is -0.537. The first-order valence-electron chi connectivity index (χ1n) is 7.41. The number of aryl methyl sites for hydroxylation is 1. The molecule has 2 aromatic heterocycles. The van der Waals surface area contributed by atoms with Gasteiger partial charge in [-0.25, -0.2) is 13.1 Å². The van der Waals surface area contributed by atoms with E-state index in [2.05, 4.69) is 9.82 Å². The fourth-order valence-electron chi connectivity index (χ4n) is 2.34. The third-order valence-electron chi connectivity index (χ3n) is 3.62. The maximum atomic E-state index is 12.8. The summed E-state index contributed by atoms with van der Waals surface area (Å²) in [7, 11) is -2.29. The normalized spacial score (nSPS) is 12.5. The van der Waals surface area contributed by atoms with Gasteiger partial charge in [-0.1, -0.05) is 12.1 Å². The van der Waals surface area contributed by atoms with Crippen molar-refractivity contribution in [3.05, 3.63) is 60.0 Å². The van der Waals surface area contributed by atoms with E-state index in [1.165, 1.54) is 48.3 Å². The molecule has 0 aliphatic rings. The Balaban J connectivity index is 1.76. The highest BCUT2D eigenvalue weighted by Crippen LogP contribution is 2.32. The van der Waals surface area contributed by atoms with Crippen molar-refractivity contribution in [3.8, 4) is 11.3 Å². The molecular weight excluding hydrogens is 371 g/mol. The molecule has 138 valence electrons. The molecule has 0 amide bonds. The van der Waals surface area contributed by atoms with Gasteiger partial charge in [0.15, 0.2) is 5.03 Å². The standard InChI is InChI=1S/C16H14F3N3O3S/c1-22-15(7-8-20-22)26(23,24)21-10-13-5-6-14(25-13)11-3-2-4-12(9-11)16(17,18)19/h2-9,21H,10H2,1H3. The van der Waals surface area contributed by atoms with E-state index in [4.69, 9.17) is 4.42 Å². The summed E-state index contributed by atoms with van der Waals surface area (Å²) in [4.78, 5) is 0. The van der Waals surface area contributed by atoms with Crippen molar-refractivity contribution in [2.75, 3.05) is 0 Å². The average molecular weight is 385 g/mol. The van der Waals surface area contributed by atoms with E-state index in [-0.39, 0.29) is 28.7 Å². The molecule has 0 bridgehead atoms. The van der Waals surface area contributed by atoms with E-state index in [1.54, 1.807) is 0 Å². The first-order chi connectivity index (χ1) is 12.2. The summed E-state index contributed by atoms with van der Waals surface area (Å²) in [5, 5.41) is 3.78. The Bertz CT molecular complexity index is 1020. The van der Waals surface area contributed by atoms with Gasteiger partial charge in [0.1, 0.15) is 11.5 Å². The van der Waals surface area contributed by atoms with E-state index < -0.39 is 21.8 Å². The van der Waals surface area contributed by atoms with Crippen LogP contribution in [0.25, 0.3) is 11.3 Å². The summed E-state index contributed by atoms with van der Waals surface area (Å²) in [6, 6.07) is 9.05. The van der Waals surface area contributed by atoms with Crippen molar-refractivity contribution in [2.45, 2.75) is 17.7 Å². The molecule has 0 saturated carbocycles. The van der Waals surface area contributed by atoms with Crippen molar-refractivity contribution in [1.82, 2.24) is 14.5 Å². The fraction of sp³-hybridized carbons (Fsp3) is 0.188. The molecule has 0 unspecified atom stereocenters. The zero-order valence-corrected chi connectivity index (χ0v) is 14.3. The Kier molecular flexibility index (Phi) is 4.63. The Morgan fingerprint density at radius 1 is 1.19 bits per heavy atom. The van der Waals surface area contributed by atoms with Crippen molar-refractivity contribution >= 4 is 10.0 Å². The van der Waals surface area contributed by atoms with Gasteiger partial charge in [0, 0.05) is 12.6 Å². The minimum Gasteiger partial charge on any atom is -0.460 e. The van der Waals surface area contributed by atoms with Crippen molar-refractivity contribution in [3.63, 3.8) is 0 Å². The van der Waals surface area contributed by atoms with Crippen LogP contribution < -0.4 is 4.72 Å². The lowest BCUT2D eigenvalue weighted by atomic mass is 10.1. The number of nitrogens with zero attached hydrogens (tertiary/aromatic N) is 2. The highest BCUT2D eigenvalue weighted by atomic mass is 32.2. The van der Waals surface area contributed by atoms with Gasteiger partial charge in [-0.05, 0) is 30.3 Å². The Hall–Kier alpha value is -2.59. The molecule has 0 saturated heterocycles. The Labute approximate surface area is 147 Å². The lowest BCUT2D eigenvalue weighted by Gasteiger charge is -2.07. The number of rotatable bonds is 5. The molecule has 1 N–H and O–H groups in total. The first kappa shape index (κ1) is 18.2. The lowest BCUT2D eigenvalue weighted by molar-refractivity contribution is -0.137. The third-order valence-corrected chi connectivity index (χ3v) is 5.10. The highest BCUT2D eigenvalue weighted by molar-refractivity contribution is 7.89. The monoisotopic (exact) mass is 385 g/mol. The van der Waals surface area contributed by atoms with Gasteiger partial charge in [0.2, 0.25) is 0 Å². The van der Waals surface area contributed by atoms with Crippen LogP contribution in [0.3, 0.4) is 0 Å². The molecule has 0 fully saturated rings. The minimum atomic E-state index is -4.45. The lowest BCUT2D eigenvalue weighted by Crippen LogP contribution is -2.25. The number of benzene rings is 1. The maximum Gasteiger partial charge on any atom is 0.416 e. The van der Waals surface area contributed by atoms with Crippen molar-refractivity contribution in [1.29, 1.82) is 0 Å². The number of hydrogen-bond acceptors (Lipinski definition) is 4. The number of sulfonamides is 1. The summed E-state index contributed by atoms with van der Waals surface area (Å²) in [6.45, 7) is -0.146. The van der Waals surface area contributed by atoms with Crippen LogP contribution in [-0.2, 0) is 29.8 Å². The second kappa shape index (κ2) is 6.61. The van der Waals surface area contributed by atoms with E-state index in [9.17, 15) is 21.6 Å². The first-order valence-corrected chi connectivity index (χ1v) is 8.89. The largest absolute Gasteiger partial charge is 0.460 e. The van der Waals surface area contributed by atoms with Gasteiger partial charge in [0.25, 0.3) is 10.0 Å². The number of hydrogen-bond donors (Lipinski definition) is 1. The number of alkyl halides is 3. The van der Waals surface area contributed by atoms with Crippen molar-refractivity contribution < 1.29 is 26.0 Å². The topological polar surface area (TPSA) is 77.1 Å². The van der Waals surface area contributed by atoms with Crippen LogP contribution in [0.2, 0.25) is 0 Å². The fourth-order valence-corrected chi connectivity index (χ4v) is 3.46. The number of halogens is 3. The summed E-state index contributed by atoms with van der Waals surface area (Å²) in [6.07, 6.45) is -3.10. The molecule has 2 heterocycles. The molecule has 3 aromatic rings. The SMILES string of the molecule is Cn1nccc1S(=O)(=O)NCc1ccc(-c2cccc(C(F)(F)F)c2)o1. The zero-order valence-electron chi connectivity index (χ0n) is 13.5. The maximum absolute atomic E-state index is 12.8. The van der Waals surface area contributed by atoms with E-state index in [1.807, 2.05) is 0 Å². The number of nitrogens with one attached hydrogen (secondary N) is 1. The van der Waals surface area contributed by atoms with E-state index >= 15 is 0 Å². The summed E-state index contributed by atoms with van der Waals surface area (Å²) in [5.74, 6) is 0.481. The van der Waals surface area contributed by atoms with E-state index in [0.29, 0.717) is 0 Å². The molecular formula is C16H14F3N3O3S. The predicted octanol–water partition coefficient (Wildman–Crippen LogP) is 3.18. The molecule has 0 atom stereocenters. The summed E-state index contributed by atoms with van der Waals surface area (Å²) >= 11 is 0. The zero-order chi connectivity index (χ0) is 18.9. The van der Waals surface area contributed by atoms with Crippen LogP contribution >= 0.6 is 0 Å². The van der Waals surface area contributed by atoms with Crippen LogP contribution in [-0.4, -0.2) is 18.2 Å². The molecule has 6 nitrogen and oxygen atoms in total. The van der Waals surface area contributed by atoms with Gasteiger partial charge in [-0.3, -0.25) is 4.68 Å². The van der Waals surface area contributed by atoms with Gasteiger partial charge < -0.3 is 4.42 Å². The predicted molar refractivity (Wildman–Crippen MR) is 86.4 cm³/mol. The number of aromatic nitrogens is 2. The molecule has 26 heavy (non-hydrogen) atoms. The Morgan fingerprint density at radius 3 is 2.62 bits per heavy atom. The average Bonchev–Trinajstić information content (AvgIpc) is 3.21. The van der Waals surface area contributed by atoms with Crippen LogP contribution in [0.5, 0.6) is 0 Å². The van der Waals surface area contributed by atoms with Gasteiger partial charge in [0.05, 0.1) is 18.3 Å². The third kappa shape index (κ3) is 3.81. The number of furan rings is 1. The van der Waals surface area contributed by atoms with Crippen LogP contribution in [0, 0.1) is 0 Å². The molecule has 1 aromatic carbocycles. The highest BCUT2D eigenvalue weighted by Gasteiger charge is 2.30. The molecule has 0 spiro atoms. The Morgan fingerprint density at radius 2 is 1.96 bits per heavy atom. The van der Waals surface area contributed by atoms with Crippen LogP contribution in [0.15, 0.2) is 58.1 Å². The second-order valence-corrected chi connectivity index (χ2v) is 7.18. The van der Waals surface area contributed by atoms with Crippen LogP contribution in [0.4, 0.5) is 13.2 Å². The van der Waals surface area contributed by atoms with Gasteiger partial charge in [-0.2, -0.15) is 18.3 Å². The molecule has 10 heteroatoms. The smallest absolute Gasteiger partial charge is 0.416 e. The molecule has 0 aliphatic carbocycles. The molecule has 3 rings (SSSR count). The van der Waals surface area contributed by atoms with Gasteiger partial charge >= 0.3 is 6.18 Å². The van der Waals surface area contributed by atoms with Crippen LogP contribution in [0.1, 0.15) is 11.3 Å². The minimum absolute atomic E-state index is 0.0119. The molecule has 0 radical (unpaired) electrons. The van der Waals surface area contributed by atoms with Crippen molar-refractivity contribution in [2.24, 2.45) is 7.05 Å².